The van der Waals surface area contributed by atoms with Gasteiger partial charge in [0.2, 0.25) is 0 Å². The van der Waals surface area contributed by atoms with Gasteiger partial charge in [0.15, 0.2) is 0 Å². The highest BCUT2D eigenvalue weighted by atomic mass is 16.6. The lowest BCUT2D eigenvalue weighted by Crippen LogP contribution is -2.59. The molecule has 200 valence electrons. The van der Waals surface area contributed by atoms with Gasteiger partial charge in [-0.3, -0.25) is 9.80 Å². The molecule has 1 fully saturated rings. The van der Waals surface area contributed by atoms with Gasteiger partial charge in [0.1, 0.15) is 23.4 Å². The Labute approximate surface area is 211 Å². The molecule has 2 rings (SSSR count). The zero-order valence-electron chi connectivity index (χ0n) is 21.8. The molecule has 36 heavy (non-hydrogen) atoms. The number of hydrogen-bond donors (Lipinski definition) is 2. The molecule has 1 heterocycles. The molecule has 0 radical (unpaired) electrons. The molecule has 1 aromatic rings. The maximum absolute atomic E-state index is 12.6. The van der Waals surface area contributed by atoms with Crippen molar-refractivity contribution in [1.82, 2.24) is 15.1 Å². The number of carbonyl (C=O) groups is 4. The van der Waals surface area contributed by atoms with Crippen LogP contribution in [0.15, 0.2) is 30.3 Å². The number of hydrogen-bond acceptors (Lipinski definition) is 8. The van der Waals surface area contributed by atoms with E-state index < -0.39 is 47.2 Å². The largest absolute Gasteiger partial charge is 0.480 e. The third-order valence-electron chi connectivity index (χ3n) is 5.88. The Balaban J connectivity index is 2.02. The lowest BCUT2D eigenvalue weighted by molar-refractivity contribution is -0.149. The standard InChI is InChI=1S/C25H37N3O8/c1-24(2,3)36-23(33)28-15-14-27(16-18(28)21(31)34-6)13-12-25(4,5)19(20(29)30)26-22(32)35-17-10-8-7-9-11-17/h7-11,18-19H,12-16H2,1-6H3,(H,26,32)(H,29,30)/t18-,19+/m1/s1. The summed E-state index contributed by atoms with van der Waals surface area (Å²) in [6, 6.07) is 6.29. The van der Waals surface area contributed by atoms with Gasteiger partial charge in [0.05, 0.1) is 7.11 Å². The first kappa shape index (κ1) is 28.9. The first-order valence-corrected chi connectivity index (χ1v) is 11.8. The summed E-state index contributed by atoms with van der Waals surface area (Å²) in [4.78, 5) is 52.7. The number of esters is 1. The predicted molar refractivity (Wildman–Crippen MR) is 131 cm³/mol. The van der Waals surface area contributed by atoms with E-state index in [1.54, 1.807) is 65.0 Å². The van der Waals surface area contributed by atoms with E-state index in [2.05, 4.69) is 5.32 Å². The second kappa shape index (κ2) is 12.1. The van der Waals surface area contributed by atoms with Crippen LogP contribution < -0.4 is 10.1 Å². The summed E-state index contributed by atoms with van der Waals surface area (Å²) >= 11 is 0. The number of aliphatic carboxylic acids is 1. The molecule has 0 aromatic heterocycles. The maximum atomic E-state index is 12.6. The smallest absolute Gasteiger partial charge is 0.413 e. The predicted octanol–water partition coefficient (Wildman–Crippen LogP) is 2.74. The average molecular weight is 508 g/mol. The molecule has 2 N–H and O–H groups in total. The Morgan fingerprint density at radius 2 is 1.72 bits per heavy atom. The van der Waals surface area contributed by atoms with Gasteiger partial charge in [-0.1, -0.05) is 32.0 Å². The first-order chi connectivity index (χ1) is 16.7. The molecule has 1 aliphatic heterocycles. The number of benzene rings is 1. The molecule has 11 heteroatoms. The normalized spacial score (nSPS) is 17.6. The summed E-state index contributed by atoms with van der Waals surface area (Å²) in [5.74, 6) is -1.44. The van der Waals surface area contributed by atoms with Crippen LogP contribution >= 0.6 is 0 Å². The fourth-order valence-electron chi connectivity index (χ4n) is 3.84. The minimum absolute atomic E-state index is 0.212. The SMILES string of the molecule is COC(=O)[C@H]1CN(CCC(C)(C)[C@@H](NC(=O)Oc2ccccc2)C(=O)O)CCN1C(=O)OC(C)(C)C. The molecular weight excluding hydrogens is 470 g/mol. The van der Waals surface area contributed by atoms with Crippen molar-refractivity contribution in [2.75, 3.05) is 33.3 Å². The van der Waals surface area contributed by atoms with E-state index in [4.69, 9.17) is 14.2 Å². The Kier molecular flexibility index (Phi) is 9.69. The van der Waals surface area contributed by atoms with Crippen LogP contribution in [0.1, 0.15) is 41.0 Å². The average Bonchev–Trinajstić information content (AvgIpc) is 2.79. The van der Waals surface area contributed by atoms with Crippen molar-refractivity contribution in [3.63, 3.8) is 0 Å². The Bertz CT molecular complexity index is 929. The number of nitrogens with zero attached hydrogens (tertiary/aromatic N) is 2. The lowest BCUT2D eigenvalue weighted by Gasteiger charge is -2.41. The van der Waals surface area contributed by atoms with Crippen molar-refractivity contribution in [1.29, 1.82) is 0 Å². The zero-order valence-corrected chi connectivity index (χ0v) is 21.8. The van der Waals surface area contributed by atoms with Crippen LogP contribution in [0.5, 0.6) is 5.75 Å². The highest BCUT2D eigenvalue weighted by Crippen LogP contribution is 2.27. The van der Waals surface area contributed by atoms with Crippen molar-refractivity contribution in [2.45, 2.75) is 58.7 Å². The second-order valence-electron chi connectivity index (χ2n) is 10.4. The number of carbonyl (C=O) groups excluding carboxylic acids is 3. The second-order valence-corrected chi connectivity index (χ2v) is 10.4. The quantitative estimate of drug-likeness (QED) is 0.509. The number of piperazine rings is 1. The van der Waals surface area contributed by atoms with Gasteiger partial charge in [-0.05, 0) is 51.3 Å². The van der Waals surface area contributed by atoms with Gasteiger partial charge in [-0.25, -0.2) is 19.2 Å². The molecule has 11 nitrogen and oxygen atoms in total. The molecule has 0 spiro atoms. The van der Waals surface area contributed by atoms with E-state index in [0.717, 1.165) is 0 Å². The molecule has 1 aromatic carbocycles. The molecule has 2 atom stereocenters. The van der Waals surface area contributed by atoms with E-state index in [1.807, 2.05) is 4.90 Å². The Hall–Kier alpha value is -3.34. The van der Waals surface area contributed by atoms with Crippen molar-refractivity contribution < 1.29 is 38.5 Å². The van der Waals surface area contributed by atoms with Gasteiger partial charge in [0, 0.05) is 19.6 Å². The molecule has 0 unspecified atom stereocenters. The molecule has 0 bridgehead atoms. The van der Waals surface area contributed by atoms with Gasteiger partial charge in [-0.2, -0.15) is 0 Å². The van der Waals surface area contributed by atoms with Crippen LogP contribution in [0.25, 0.3) is 0 Å². The fourth-order valence-corrected chi connectivity index (χ4v) is 3.84. The van der Waals surface area contributed by atoms with E-state index in [0.29, 0.717) is 25.3 Å². The highest BCUT2D eigenvalue weighted by Gasteiger charge is 2.40. The Morgan fingerprint density at radius 1 is 1.08 bits per heavy atom. The third-order valence-corrected chi connectivity index (χ3v) is 5.88. The number of ether oxygens (including phenoxy) is 3. The van der Waals surface area contributed by atoms with Crippen LogP contribution in [0.2, 0.25) is 0 Å². The van der Waals surface area contributed by atoms with E-state index >= 15 is 0 Å². The van der Waals surface area contributed by atoms with E-state index in [1.165, 1.54) is 12.0 Å². The number of carboxylic acid groups (broad SMARTS) is 1. The van der Waals surface area contributed by atoms with Gasteiger partial charge in [0.25, 0.3) is 0 Å². The van der Waals surface area contributed by atoms with Crippen LogP contribution in [-0.2, 0) is 19.1 Å². The summed E-state index contributed by atoms with van der Waals surface area (Å²) in [5, 5.41) is 12.2. The number of nitrogens with one attached hydrogen (secondary N) is 1. The topological polar surface area (TPSA) is 135 Å². The van der Waals surface area contributed by atoms with Crippen LogP contribution in [-0.4, -0.2) is 90.0 Å². The van der Waals surface area contributed by atoms with Gasteiger partial charge < -0.3 is 24.6 Å². The number of carboxylic acids is 1. The molecular formula is C25H37N3O8. The molecule has 0 saturated carbocycles. The highest BCUT2D eigenvalue weighted by molar-refractivity contribution is 5.82. The molecule has 1 saturated heterocycles. The minimum Gasteiger partial charge on any atom is -0.480 e. The number of rotatable bonds is 8. The lowest BCUT2D eigenvalue weighted by atomic mass is 9.81. The zero-order chi connectivity index (χ0) is 27.1. The minimum atomic E-state index is -1.21. The number of methoxy groups -OCH3 is 1. The van der Waals surface area contributed by atoms with Crippen molar-refractivity contribution >= 4 is 24.1 Å². The number of amides is 2. The maximum Gasteiger partial charge on any atom is 0.413 e. The number of para-hydroxylation sites is 1. The summed E-state index contributed by atoms with van der Waals surface area (Å²) in [7, 11) is 1.26. The summed E-state index contributed by atoms with van der Waals surface area (Å²) in [5.41, 5.74) is -1.57. The molecule has 1 aliphatic rings. The van der Waals surface area contributed by atoms with Crippen LogP contribution in [0.3, 0.4) is 0 Å². The molecule has 0 aliphatic carbocycles. The van der Waals surface area contributed by atoms with Gasteiger partial charge in [-0.15, -0.1) is 0 Å². The van der Waals surface area contributed by atoms with E-state index in [-0.39, 0.29) is 13.1 Å². The van der Waals surface area contributed by atoms with E-state index in [9.17, 15) is 24.3 Å². The summed E-state index contributed by atoms with van der Waals surface area (Å²) in [6.07, 6.45) is -1.07. The van der Waals surface area contributed by atoms with Crippen molar-refractivity contribution in [2.24, 2.45) is 5.41 Å². The van der Waals surface area contributed by atoms with Crippen LogP contribution in [0.4, 0.5) is 9.59 Å². The first-order valence-electron chi connectivity index (χ1n) is 11.8. The van der Waals surface area contributed by atoms with Gasteiger partial charge >= 0.3 is 24.1 Å². The summed E-state index contributed by atoms with van der Waals surface area (Å²) in [6.45, 7) is 10.1. The fraction of sp³-hybridized carbons (Fsp3) is 0.600. The van der Waals surface area contributed by atoms with Crippen molar-refractivity contribution in [3.8, 4) is 5.75 Å². The summed E-state index contributed by atoms with van der Waals surface area (Å²) < 4.78 is 15.5. The van der Waals surface area contributed by atoms with Crippen molar-refractivity contribution in [3.05, 3.63) is 30.3 Å². The Morgan fingerprint density at radius 3 is 2.28 bits per heavy atom. The third kappa shape index (κ3) is 8.40. The monoisotopic (exact) mass is 507 g/mol. The molecule has 2 amide bonds. The van der Waals surface area contributed by atoms with Crippen LogP contribution in [0, 0.1) is 5.41 Å².